The van der Waals surface area contributed by atoms with E-state index in [-0.39, 0.29) is 5.60 Å². The van der Waals surface area contributed by atoms with Crippen LogP contribution in [0.1, 0.15) is 94.9 Å². The van der Waals surface area contributed by atoms with Crippen LogP contribution in [-0.4, -0.2) is 30.0 Å². The van der Waals surface area contributed by atoms with Crippen molar-refractivity contribution in [2.24, 2.45) is 5.92 Å². The normalized spacial score (nSPS) is 25.8. The predicted octanol–water partition coefficient (Wildman–Crippen LogP) is 7.67. The molecule has 3 rings (SSSR count). The van der Waals surface area contributed by atoms with Gasteiger partial charge in [0.05, 0.1) is 5.60 Å². The van der Waals surface area contributed by atoms with Crippen molar-refractivity contribution in [3.05, 3.63) is 35.4 Å². The molecule has 2 aliphatic rings. The standard InChI is InChI=1S/C26H44OS/c1-26(2,3)27-19-11-7-6-8-12-21-15-17-23(20-21)28(4,5)25-18-16-22-13-9-10-14-24(22)25/h9-10,13-14,21,23,25H,6-8,11-12,15-20H2,1-5H3. The van der Waals surface area contributed by atoms with E-state index < -0.39 is 10.0 Å². The number of hydrogen-bond donors (Lipinski definition) is 0. The van der Waals surface area contributed by atoms with Gasteiger partial charge in [-0.05, 0) is 94.1 Å². The third-order valence-electron chi connectivity index (χ3n) is 7.21. The van der Waals surface area contributed by atoms with Crippen LogP contribution in [0.15, 0.2) is 24.3 Å². The third-order valence-corrected chi connectivity index (χ3v) is 11.3. The van der Waals surface area contributed by atoms with Gasteiger partial charge in [-0.3, -0.25) is 0 Å². The van der Waals surface area contributed by atoms with Crippen molar-refractivity contribution in [2.75, 3.05) is 19.1 Å². The van der Waals surface area contributed by atoms with Gasteiger partial charge in [0.1, 0.15) is 0 Å². The van der Waals surface area contributed by atoms with Crippen LogP contribution in [0.2, 0.25) is 0 Å². The Balaban J connectivity index is 1.38. The van der Waals surface area contributed by atoms with Crippen LogP contribution >= 0.6 is 10.0 Å². The molecule has 0 amide bonds. The molecule has 3 atom stereocenters. The molecule has 0 aromatic heterocycles. The quantitative estimate of drug-likeness (QED) is 0.384. The average molecular weight is 405 g/mol. The van der Waals surface area contributed by atoms with Crippen molar-refractivity contribution < 1.29 is 4.74 Å². The van der Waals surface area contributed by atoms with Gasteiger partial charge in [0.25, 0.3) is 0 Å². The van der Waals surface area contributed by atoms with Crippen molar-refractivity contribution in [3.8, 4) is 0 Å². The molecule has 0 heterocycles. The van der Waals surface area contributed by atoms with E-state index in [2.05, 4.69) is 57.5 Å². The molecule has 160 valence electrons. The number of fused-ring (bicyclic) bond motifs is 1. The number of hydrogen-bond acceptors (Lipinski definition) is 1. The van der Waals surface area contributed by atoms with Crippen LogP contribution in [0.4, 0.5) is 0 Å². The molecule has 1 nitrogen and oxygen atoms in total. The molecule has 1 aromatic carbocycles. The average Bonchev–Trinajstić information content (AvgIpc) is 3.27. The Bertz CT molecular complexity index is 615. The SMILES string of the molecule is CC(C)(C)OCCCCCCC1CCC(S(C)(C)C2CCc3ccccc32)C1. The smallest absolute Gasteiger partial charge is 0.0598 e. The van der Waals surface area contributed by atoms with Gasteiger partial charge < -0.3 is 4.74 Å². The molecule has 2 heteroatoms. The van der Waals surface area contributed by atoms with Crippen molar-refractivity contribution in [2.45, 2.75) is 101 Å². The Morgan fingerprint density at radius 1 is 0.964 bits per heavy atom. The summed E-state index contributed by atoms with van der Waals surface area (Å²) < 4.78 is 5.84. The highest BCUT2D eigenvalue weighted by molar-refractivity contribution is 8.33. The van der Waals surface area contributed by atoms with Crippen LogP contribution in [0.25, 0.3) is 0 Å². The highest BCUT2D eigenvalue weighted by Crippen LogP contribution is 2.66. The summed E-state index contributed by atoms with van der Waals surface area (Å²) in [5.74, 6) is 0.999. The minimum absolute atomic E-state index is 0.0217. The minimum Gasteiger partial charge on any atom is -0.376 e. The Morgan fingerprint density at radius 2 is 1.71 bits per heavy atom. The zero-order valence-corrected chi connectivity index (χ0v) is 20.0. The van der Waals surface area contributed by atoms with E-state index in [1.807, 2.05) is 0 Å². The molecule has 0 aliphatic heterocycles. The lowest BCUT2D eigenvalue weighted by atomic mass is 9.99. The Hall–Kier alpha value is -0.470. The van der Waals surface area contributed by atoms with E-state index in [9.17, 15) is 0 Å². The summed E-state index contributed by atoms with van der Waals surface area (Å²) in [6.45, 7) is 7.38. The molecule has 1 aromatic rings. The maximum atomic E-state index is 5.84. The first-order chi connectivity index (χ1) is 13.3. The number of rotatable bonds is 9. The van der Waals surface area contributed by atoms with E-state index in [0.717, 1.165) is 23.0 Å². The lowest BCUT2D eigenvalue weighted by Crippen LogP contribution is -2.19. The summed E-state index contributed by atoms with van der Waals surface area (Å²) in [4.78, 5) is 0. The van der Waals surface area contributed by atoms with Gasteiger partial charge in [-0.1, -0.05) is 49.9 Å². The summed E-state index contributed by atoms with van der Waals surface area (Å²) >= 11 is 0. The van der Waals surface area contributed by atoms with E-state index >= 15 is 0 Å². The summed E-state index contributed by atoms with van der Waals surface area (Å²) in [7, 11) is -0.558. The van der Waals surface area contributed by atoms with Gasteiger partial charge in [-0.15, -0.1) is 0 Å². The molecular weight excluding hydrogens is 360 g/mol. The van der Waals surface area contributed by atoms with Crippen molar-refractivity contribution in [3.63, 3.8) is 0 Å². The summed E-state index contributed by atoms with van der Waals surface area (Å²) in [6.07, 6.45) is 19.4. The maximum absolute atomic E-state index is 5.84. The van der Waals surface area contributed by atoms with E-state index in [1.165, 1.54) is 64.2 Å². The second-order valence-corrected chi connectivity index (χ2v) is 14.9. The Morgan fingerprint density at radius 3 is 2.50 bits per heavy atom. The van der Waals surface area contributed by atoms with Gasteiger partial charge in [0, 0.05) is 11.9 Å². The zero-order valence-electron chi connectivity index (χ0n) is 19.1. The third kappa shape index (κ3) is 5.79. The number of ether oxygens (including phenoxy) is 1. The number of aryl methyl sites for hydroxylation is 1. The largest absolute Gasteiger partial charge is 0.376 e. The fourth-order valence-electron chi connectivity index (χ4n) is 5.49. The molecule has 2 aliphatic carbocycles. The first-order valence-corrected chi connectivity index (χ1v) is 14.3. The topological polar surface area (TPSA) is 9.23 Å². The zero-order chi connectivity index (χ0) is 20.2. The second-order valence-electron chi connectivity index (χ2n) is 10.7. The summed E-state index contributed by atoms with van der Waals surface area (Å²) in [5, 5.41) is 1.85. The lowest BCUT2D eigenvalue weighted by Gasteiger charge is -2.44. The van der Waals surface area contributed by atoms with Crippen LogP contribution < -0.4 is 0 Å². The molecule has 1 saturated carbocycles. The monoisotopic (exact) mass is 404 g/mol. The Labute approximate surface area is 176 Å². The van der Waals surface area contributed by atoms with Gasteiger partial charge in [-0.25, -0.2) is 10.0 Å². The molecular formula is C26H44OS. The molecule has 0 spiro atoms. The molecule has 1 fully saturated rings. The summed E-state index contributed by atoms with van der Waals surface area (Å²) in [6, 6.07) is 9.29. The predicted molar refractivity (Wildman–Crippen MR) is 127 cm³/mol. The number of unbranched alkanes of at least 4 members (excludes halogenated alkanes) is 3. The number of benzene rings is 1. The lowest BCUT2D eigenvalue weighted by molar-refractivity contribution is -0.00476. The fourth-order valence-corrected chi connectivity index (χ4v) is 9.08. The van der Waals surface area contributed by atoms with Crippen molar-refractivity contribution in [1.82, 2.24) is 0 Å². The second kappa shape index (κ2) is 9.56. The van der Waals surface area contributed by atoms with E-state index in [4.69, 9.17) is 4.74 Å². The van der Waals surface area contributed by atoms with Crippen molar-refractivity contribution >= 4 is 10.0 Å². The first kappa shape index (κ1) is 22.2. The van der Waals surface area contributed by atoms with Gasteiger partial charge in [0.2, 0.25) is 0 Å². The summed E-state index contributed by atoms with van der Waals surface area (Å²) in [5.41, 5.74) is 3.36. The Kier molecular flexibility index (Phi) is 7.59. The minimum atomic E-state index is -0.558. The van der Waals surface area contributed by atoms with E-state index in [1.54, 1.807) is 11.1 Å². The van der Waals surface area contributed by atoms with Crippen LogP contribution in [0, 0.1) is 5.92 Å². The van der Waals surface area contributed by atoms with Crippen molar-refractivity contribution in [1.29, 1.82) is 0 Å². The fraction of sp³-hybridized carbons (Fsp3) is 0.769. The van der Waals surface area contributed by atoms with Crippen LogP contribution in [0.5, 0.6) is 0 Å². The maximum Gasteiger partial charge on any atom is 0.0598 e. The molecule has 28 heavy (non-hydrogen) atoms. The highest BCUT2D eigenvalue weighted by atomic mass is 32.3. The van der Waals surface area contributed by atoms with Gasteiger partial charge in [0.15, 0.2) is 0 Å². The molecule has 0 bridgehead atoms. The molecule has 0 N–H and O–H groups in total. The molecule has 3 unspecified atom stereocenters. The van der Waals surface area contributed by atoms with Crippen LogP contribution in [0.3, 0.4) is 0 Å². The highest BCUT2D eigenvalue weighted by Gasteiger charge is 2.40. The van der Waals surface area contributed by atoms with Crippen LogP contribution in [-0.2, 0) is 11.2 Å². The molecule has 0 saturated heterocycles. The first-order valence-electron chi connectivity index (χ1n) is 11.7. The van der Waals surface area contributed by atoms with Gasteiger partial charge >= 0.3 is 0 Å². The van der Waals surface area contributed by atoms with Gasteiger partial charge in [-0.2, -0.15) is 0 Å². The molecule has 0 radical (unpaired) electrons. The van der Waals surface area contributed by atoms with E-state index in [0.29, 0.717) is 0 Å².